The Morgan fingerprint density at radius 1 is 1.28 bits per heavy atom. The van der Waals surface area contributed by atoms with Gasteiger partial charge in [-0.25, -0.2) is 4.98 Å². The summed E-state index contributed by atoms with van der Waals surface area (Å²) in [7, 11) is 0. The third-order valence-electron chi connectivity index (χ3n) is 5.22. The summed E-state index contributed by atoms with van der Waals surface area (Å²) in [5.41, 5.74) is 4.06. The number of carbonyl (C=O) groups excluding carboxylic acids is 1. The Bertz CT molecular complexity index is 953. The molecule has 0 unspecified atom stereocenters. The van der Waals surface area contributed by atoms with E-state index in [1.807, 2.05) is 17.0 Å². The van der Waals surface area contributed by atoms with Gasteiger partial charge in [-0.15, -0.1) is 0 Å². The van der Waals surface area contributed by atoms with Crippen LogP contribution in [0, 0.1) is 6.92 Å². The molecule has 0 bridgehead atoms. The molecule has 6 nitrogen and oxygen atoms in total. The normalized spacial score (nSPS) is 20.5. The molecule has 0 radical (unpaired) electrons. The fraction of sp³-hybridized carbons (Fsp3) is 0.421. The van der Waals surface area contributed by atoms with Gasteiger partial charge in [-0.3, -0.25) is 4.79 Å². The monoisotopic (exact) mass is 336 g/mol. The molecule has 2 aliphatic rings. The predicted octanol–water partition coefficient (Wildman–Crippen LogP) is 3.71. The average Bonchev–Trinajstić information content (AvgIpc) is 3.05. The Kier molecular flexibility index (Phi) is 3.20. The zero-order valence-corrected chi connectivity index (χ0v) is 14.2. The van der Waals surface area contributed by atoms with E-state index < -0.39 is 0 Å². The number of imidazole rings is 1. The van der Waals surface area contributed by atoms with Crippen LogP contribution in [0.2, 0.25) is 0 Å². The number of rotatable bonds is 3. The van der Waals surface area contributed by atoms with Crippen LogP contribution >= 0.6 is 0 Å². The Labute approximate surface area is 145 Å². The first-order chi connectivity index (χ1) is 12.2. The number of fused-ring (bicyclic) bond motifs is 1. The number of H-pyrrole nitrogens is 1. The van der Waals surface area contributed by atoms with Crippen LogP contribution in [0.5, 0.6) is 0 Å². The van der Waals surface area contributed by atoms with Crippen LogP contribution in [0.4, 0.5) is 0 Å². The highest BCUT2D eigenvalue weighted by Gasteiger charge is 2.35. The van der Waals surface area contributed by atoms with Crippen LogP contribution < -0.4 is 0 Å². The standard InChI is InChI=1S/C19H20N4O2/c1-11-4-7-13-15(9-11)21-18(20-13)16-3-2-8-23(16)19(24)17-10-14(22-25-17)12-5-6-12/h4,7,9-10,12,16H,2-3,5-6,8H2,1H3,(H,20,21)/t16-/m1/s1. The predicted molar refractivity (Wildman–Crippen MR) is 92.3 cm³/mol. The lowest BCUT2D eigenvalue weighted by molar-refractivity contribution is 0.0688. The lowest BCUT2D eigenvalue weighted by Gasteiger charge is -2.21. The van der Waals surface area contributed by atoms with E-state index in [0.717, 1.165) is 54.8 Å². The fourth-order valence-corrected chi connectivity index (χ4v) is 3.70. The minimum absolute atomic E-state index is 0.0327. The van der Waals surface area contributed by atoms with Crippen molar-refractivity contribution in [2.75, 3.05) is 6.54 Å². The van der Waals surface area contributed by atoms with E-state index >= 15 is 0 Å². The number of benzene rings is 1. The smallest absolute Gasteiger partial charge is 0.293 e. The van der Waals surface area contributed by atoms with Crippen LogP contribution in [0.3, 0.4) is 0 Å². The summed E-state index contributed by atoms with van der Waals surface area (Å²) < 4.78 is 5.33. The summed E-state index contributed by atoms with van der Waals surface area (Å²) in [5.74, 6) is 1.60. The Morgan fingerprint density at radius 3 is 3.00 bits per heavy atom. The van der Waals surface area contributed by atoms with Crippen molar-refractivity contribution in [3.63, 3.8) is 0 Å². The first kappa shape index (κ1) is 14.7. The number of hydrogen-bond acceptors (Lipinski definition) is 4. The average molecular weight is 336 g/mol. The molecule has 1 aliphatic carbocycles. The van der Waals surface area contributed by atoms with Gasteiger partial charge in [-0.2, -0.15) is 0 Å². The second-order valence-corrected chi connectivity index (χ2v) is 7.19. The maximum absolute atomic E-state index is 12.9. The number of likely N-dealkylation sites (tertiary alicyclic amines) is 1. The maximum Gasteiger partial charge on any atom is 0.293 e. The minimum Gasteiger partial charge on any atom is -0.351 e. The van der Waals surface area contributed by atoms with Crippen LogP contribution in [0.15, 0.2) is 28.8 Å². The van der Waals surface area contributed by atoms with Crippen molar-refractivity contribution in [1.82, 2.24) is 20.0 Å². The molecule has 128 valence electrons. The fourth-order valence-electron chi connectivity index (χ4n) is 3.70. The van der Waals surface area contributed by atoms with Crippen LogP contribution in [-0.4, -0.2) is 32.5 Å². The molecule has 6 heteroatoms. The first-order valence-corrected chi connectivity index (χ1v) is 8.93. The number of amides is 1. The van der Waals surface area contributed by atoms with Gasteiger partial charge in [-0.05, 0) is 50.3 Å². The van der Waals surface area contributed by atoms with E-state index in [2.05, 4.69) is 29.2 Å². The number of aromatic amines is 1. The Morgan fingerprint density at radius 2 is 2.16 bits per heavy atom. The third-order valence-corrected chi connectivity index (χ3v) is 5.22. The number of nitrogens with one attached hydrogen (secondary N) is 1. The highest BCUT2D eigenvalue weighted by Crippen LogP contribution is 2.40. The Hall–Kier alpha value is -2.63. The van der Waals surface area contributed by atoms with Gasteiger partial charge in [0, 0.05) is 18.5 Å². The van der Waals surface area contributed by atoms with Crippen molar-refractivity contribution in [2.45, 2.75) is 44.6 Å². The molecule has 25 heavy (non-hydrogen) atoms. The third kappa shape index (κ3) is 2.52. The topological polar surface area (TPSA) is 75.0 Å². The highest BCUT2D eigenvalue weighted by atomic mass is 16.5. The lowest BCUT2D eigenvalue weighted by atomic mass is 10.2. The van der Waals surface area contributed by atoms with Crippen molar-refractivity contribution in [3.8, 4) is 0 Å². The molecule has 2 fully saturated rings. The molecule has 1 N–H and O–H groups in total. The molecule has 3 aromatic rings. The molecule has 2 aromatic heterocycles. The van der Waals surface area contributed by atoms with Gasteiger partial charge in [0.15, 0.2) is 0 Å². The summed E-state index contributed by atoms with van der Waals surface area (Å²) in [5, 5.41) is 4.07. The molecule has 3 heterocycles. The highest BCUT2D eigenvalue weighted by molar-refractivity contribution is 5.92. The quantitative estimate of drug-likeness (QED) is 0.791. The van der Waals surface area contributed by atoms with Crippen LogP contribution in [0.1, 0.15) is 65.3 Å². The van der Waals surface area contributed by atoms with E-state index in [0.29, 0.717) is 11.7 Å². The molecule has 1 atom stereocenters. The zero-order chi connectivity index (χ0) is 17.0. The molecule has 5 rings (SSSR count). The molecule has 1 amide bonds. The van der Waals surface area contributed by atoms with E-state index in [4.69, 9.17) is 9.51 Å². The maximum atomic E-state index is 12.9. The summed E-state index contributed by atoms with van der Waals surface area (Å²) in [6, 6.07) is 7.94. The van der Waals surface area contributed by atoms with Crippen molar-refractivity contribution in [2.24, 2.45) is 0 Å². The van der Waals surface area contributed by atoms with E-state index in [1.54, 1.807) is 0 Å². The van der Waals surface area contributed by atoms with Crippen LogP contribution in [0.25, 0.3) is 11.0 Å². The van der Waals surface area contributed by atoms with Gasteiger partial charge < -0.3 is 14.4 Å². The SMILES string of the molecule is Cc1ccc2nc([C@H]3CCCN3C(=O)c3cc(C4CC4)no3)[nH]c2c1. The molecule has 1 saturated carbocycles. The van der Waals surface area contributed by atoms with Gasteiger partial charge in [0.25, 0.3) is 5.91 Å². The number of aromatic nitrogens is 3. The van der Waals surface area contributed by atoms with E-state index in [9.17, 15) is 4.79 Å². The summed E-state index contributed by atoms with van der Waals surface area (Å²) in [4.78, 5) is 22.9. The summed E-state index contributed by atoms with van der Waals surface area (Å²) in [6.45, 7) is 2.78. The number of aryl methyl sites for hydroxylation is 1. The van der Waals surface area contributed by atoms with Crippen molar-refractivity contribution < 1.29 is 9.32 Å². The second-order valence-electron chi connectivity index (χ2n) is 7.19. The van der Waals surface area contributed by atoms with Gasteiger partial charge in [0.2, 0.25) is 5.76 Å². The van der Waals surface area contributed by atoms with Crippen LogP contribution in [-0.2, 0) is 0 Å². The molecular formula is C19H20N4O2. The van der Waals surface area contributed by atoms with Crippen molar-refractivity contribution >= 4 is 16.9 Å². The molecule has 1 aromatic carbocycles. The zero-order valence-electron chi connectivity index (χ0n) is 14.2. The van der Waals surface area contributed by atoms with Crippen molar-refractivity contribution in [1.29, 1.82) is 0 Å². The second kappa shape index (κ2) is 5.44. The molecule has 0 spiro atoms. The van der Waals surface area contributed by atoms with Gasteiger partial charge in [0.05, 0.1) is 22.8 Å². The van der Waals surface area contributed by atoms with Crippen molar-refractivity contribution in [3.05, 3.63) is 47.1 Å². The lowest BCUT2D eigenvalue weighted by Crippen LogP contribution is -2.30. The first-order valence-electron chi connectivity index (χ1n) is 8.93. The molecule has 1 aliphatic heterocycles. The van der Waals surface area contributed by atoms with Gasteiger partial charge in [0.1, 0.15) is 5.82 Å². The minimum atomic E-state index is -0.0847. The summed E-state index contributed by atoms with van der Waals surface area (Å²) in [6.07, 6.45) is 4.17. The number of hydrogen-bond donors (Lipinski definition) is 1. The largest absolute Gasteiger partial charge is 0.351 e. The van der Waals surface area contributed by atoms with E-state index in [-0.39, 0.29) is 11.9 Å². The summed E-state index contributed by atoms with van der Waals surface area (Å²) >= 11 is 0. The molecule has 1 saturated heterocycles. The van der Waals surface area contributed by atoms with E-state index in [1.165, 1.54) is 5.56 Å². The molecular weight excluding hydrogens is 316 g/mol. The number of nitrogens with zero attached hydrogens (tertiary/aromatic N) is 3. The Balaban J connectivity index is 1.44. The number of carbonyl (C=O) groups is 1. The van der Waals surface area contributed by atoms with Gasteiger partial charge in [-0.1, -0.05) is 11.2 Å². The van der Waals surface area contributed by atoms with Gasteiger partial charge >= 0.3 is 0 Å².